The monoisotopic (exact) mass is 390 g/mol. The number of ether oxygens (including phenoxy) is 2. The molecule has 1 unspecified atom stereocenters. The van der Waals surface area contributed by atoms with E-state index in [9.17, 15) is 9.59 Å². The van der Waals surface area contributed by atoms with Crippen LogP contribution in [0.3, 0.4) is 0 Å². The second kappa shape index (κ2) is 7.86. The van der Waals surface area contributed by atoms with E-state index >= 15 is 0 Å². The molecule has 150 valence electrons. The van der Waals surface area contributed by atoms with Crippen LogP contribution in [-0.4, -0.2) is 26.2 Å². The van der Waals surface area contributed by atoms with Crippen LogP contribution in [0, 0.1) is 0 Å². The molecule has 0 saturated carbocycles. The van der Waals surface area contributed by atoms with E-state index in [1.807, 2.05) is 0 Å². The third-order valence-corrected chi connectivity index (χ3v) is 6.19. The fourth-order valence-corrected chi connectivity index (χ4v) is 4.72. The maximum atomic E-state index is 12.8. The van der Waals surface area contributed by atoms with Gasteiger partial charge in [-0.1, -0.05) is 43.3 Å². The van der Waals surface area contributed by atoms with Crippen molar-refractivity contribution in [3.05, 3.63) is 75.4 Å². The molecule has 5 aliphatic carbocycles. The van der Waals surface area contributed by atoms with Gasteiger partial charge in [0.15, 0.2) is 0 Å². The summed E-state index contributed by atoms with van der Waals surface area (Å²) in [5.41, 5.74) is 7.80. The molecular formula is C25H26O4. The van der Waals surface area contributed by atoms with Gasteiger partial charge in [-0.25, -0.2) is 9.59 Å². The molecule has 5 aliphatic rings. The normalized spacial score (nSPS) is 18.0. The van der Waals surface area contributed by atoms with Gasteiger partial charge >= 0.3 is 11.9 Å². The number of carbonyl (C=O) groups is 2. The van der Waals surface area contributed by atoms with Crippen LogP contribution in [0.2, 0.25) is 0 Å². The van der Waals surface area contributed by atoms with Gasteiger partial charge in [-0.3, -0.25) is 0 Å². The van der Waals surface area contributed by atoms with Crippen LogP contribution in [0.5, 0.6) is 0 Å². The summed E-state index contributed by atoms with van der Waals surface area (Å²) in [4.78, 5) is 25.4. The maximum absolute atomic E-state index is 12.8. The van der Waals surface area contributed by atoms with Gasteiger partial charge in [0.05, 0.1) is 25.4 Å². The van der Waals surface area contributed by atoms with Gasteiger partial charge in [0, 0.05) is 0 Å². The van der Waals surface area contributed by atoms with E-state index in [-0.39, 0.29) is 5.92 Å². The summed E-state index contributed by atoms with van der Waals surface area (Å²) in [7, 11) is 2.72. The SMILES string of the molecule is COC(=O)C1=C(C(=O)OC)c2c3ccc(c2C(C)C1)CCc1ccc(cc1)CC3. The molecule has 2 aromatic rings. The Kier molecular flexibility index (Phi) is 5.27. The third-order valence-electron chi connectivity index (χ3n) is 6.19. The average molecular weight is 390 g/mol. The molecule has 0 spiro atoms. The predicted molar refractivity (Wildman–Crippen MR) is 112 cm³/mol. The van der Waals surface area contributed by atoms with Gasteiger partial charge in [-0.2, -0.15) is 0 Å². The summed E-state index contributed by atoms with van der Waals surface area (Å²) in [6.45, 7) is 2.13. The Bertz CT molecular complexity index is 998. The highest BCUT2D eigenvalue weighted by atomic mass is 16.5. The topological polar surface area (TPSA) is 52.6 Å². The van der Waals surface area contributed by atoms with Crippen LogP contribution in [0.15, 0.2) is 42.0 Å². The molecule has 0 N–H and O–H groups in total. The second-order valence-corrected chi connectivity index (χ2v) is 7.93. The largest absolute Gasteiger partial charge is 0.466 e. The fourth-order valence-electron chi connectivity index (χ4n) is 4.72. The van der Waals surface area contributed by atoms with Gasteiger partial charge in [-0.15, -0.1) is 0 Å². The molecule has 0 aromatic heterocycles. The highest BCUT2D eigenvalue weighted by Gasteiger charge is 2.35. The minimum atomic E-state index is -0.465. The van der Waals surface area contributed by atoms with Gasteiger partial charge in [0.25, 0.3) is 0 Å². The Balaban J connectivity index is 1.96. The van der Waals surface area contributed by atoms with Gasteiger partial charge in [-0.05, 0) is 71.4 Å². The van der Waals surface area contributed by atoms with E-state index in [2.05, 4.69) is 43.3 Å². The van der Waals surface area contributed by atoms with E-state index in [1.165, 1.54) is 36.5 Å². The fraction of sp³-hybridized carbons (Fsp3) is 0.360. The average Bonchev–Trinajstić information content (AvgIpc) is 2.74. The molecule has 4 nitrogen and oxygen atoms in total. The van der Waals surface area contributed by atoms with Crippen molar-refractivity contribution in [2.75, 3.05) is 14.2 Å². The molecule has 0 fully saturated rings. The van der Waals surface area contributed by atoms with E-state index in [0.717, 1.165) is 36.8 Å². The van der Waals surface area contributed by atoms with Crippen molar-refractivity contribution in [3.8, 4) is 0 Å². The van der Waals surface area contributed by atoms with Crippen LogP contribution in [-0.2, 0) is 44.7 Å². The number of carbonyl (C=O) groups excluding carboxylic acids is 2. The lowest BCUT2D eigenvalue weighted by atomic mass is 9.73. The zero-order chi connectivity index (χ0) is 20.5. The lowest BCUT2D eigenvalue weighted by Gasteiger charge is -2.30. The molecule has 0 amide bonds. The third kappa shape index (κ3) is 3.48. The smallest absolute Gasteiger partial charge is 0.339 e. The number of rotatable bonds is 2. The first-order valence-electron chi connectivity index (χ1n) is 10.2. The van der Waals surface area contributed by atoms with Crippen molar-refractivity contribution in [2.45, 2.75) is 44.9 Å². The summed E-state index contributed by atoms with van der Waals surface area (Å²) in [6.07, 6.45) is 3.99. The minimum absolute atomic E-state index is 0.131. The molecular weight excluding hydrogens is 364 g/mol. The number of benzene rings is 2. The summed E-state index contributed by atoms with van der Waals surface area (Å²) in [5, 5.41) is 0. The molecule has 0 saturated heterocycles. The van der Waals surface area contributed by atoms with Crippen LogP contribution in [0.4, 0.5) is 0 Å². The number of esters is 2. The lowest BCUT2D eigenvalue weighted by molar-refractivity contribution is -0.138. The first kappa shape index (κ1) is 19.4. The van der Waals surface area contributed by atoms with Crippen molar-refractivity contribution >= 4 is 17.5 Å². The van der Waals surface area contributed by atoms with Crippen molar-refractivity contribution in [1.82, 2.24) is 0 Å². The standard InChI is InChI=1S/C25H26O4/c1-15-14-20(24(26)28-2)23(25(27)29-3)22-19-11-9-17-6-4-16(5-7-17)8-10-18(12-13-19)21(15)22/h4-7,12-13,15H,8-11,14H2,1-3H3. The second-order valence-electron chi connectivity index (χ2n) is 7.93. The highest BCUT2D eigenvalue weighted by Crippen LogP contribution is 2.43. The summed E-state index contributed by atoms with van der Waals surface area (Å²) in [6, 6.07) is 13.1. The maximum Gasteiger partial charge on any atom is 0.339 e. The van der Waals surface area contributed by atoms with Crippen molar-refractivity contribution in [2.24, 2.45) is 0 Å². The first-order chi connectivity index (χ1) is 14.0. The Morgan fingerprint density at radius 3 is 1.93 bits per heavy atom. The van der Waals surface area contributed by atoms with Gasteiger partial charge in [0.2, 0.25) is 0 Å². The Labute approximate surface area is 171 Å². The van der Waals surface area contributed by atoms with E-state index < -0.39 is 11.9 Å². The number of hydrogen-bond donors (Lipinski definition) is 0. The molecule has 2 aromatic carbocycles. The van der Waals surface area contributed by atoms with Gasteiger partial charge in [0.1, 0.15) is 0 Å². The van der Waals surface area contributed by atoms with Crippen molar-refractivity contribution in [1.29, 1.82) is 0 Å². The molecule has 7 rings (SSSR count). The van der Waals surface area contributed by atoms with Crippen LogP contribution in [0.25, 0.3) is 5.57 Å². The Morgan fingerprint density at radius 2 is 1.34 bits per heavy atom. The van der Waals surface area contributed by atoms with E-state index in [1.54, 1.807) is 0 Å². The van der Waals surface area contributed by atoms with E-state index in [0.29, 0.717) is 17.6 Å². The minimum Gasteiger partial charge on any atom is -0.466 e. The van der Waals surface area contributed by atoms with Gasteiger partial charge < -0.3 is 9.47 Å². The number of aryl methyl sites for hydroxylation is 4. The Hall–Kier alpha value is -2.88. The summed E-state index contributed by atoms with van der Waals surface area (Å²) < 4.78 is 10.1. The summed E-state index contributed by atoms with van der Waals surface area (Å²) in [5.74, 6) is -0.783. The van der Waals surface area contributed by atoms with Crippen molar-refractivity contribution < 1.29 is 19.1 Å². The predicted octanol–water partition coefficient (Wildman–Crippen LogP) is 4.18. The zero-order valence-electron chi connectivity index (χ0n) is 17.2. The molecule has 0 radical (unpaired) electrons. The molecule has 4 bridgehead atoms. The quantitative estimate of drug-likeness (QED) is 0.722. The summed E-state index contributed by atoms with van der Waals surface area (Å²) >= 11 is 0. The molecule has 4 heteroatoms. The van der Waals surface area contributed by atoms with E-state index in [4.69, 9.17) is 9.47 Å². The molecule has 0 aliphatic heterocycles. The van der Waals surface area contributed by atoms with Crippen molar-refractivity contribution in [3.63, 3.8) is 0 Å². The van der Waals surface area contributed by atoms with Crippen LogP contribution >= 0.6 is 0 Å². The Morgan fingerprint density at radius 1 is 0.793 bits per heavy atom. The molecule has 0 heterocycles. The highest BCUT2D eigenvalue weighted by molar-refractivity contribution is 6.24. The van der Waals surface area contributed by atoms with Crippen LogP contribution in [0.1, 0.15) is 52.6 Å². The molecule has 29 heavy (non-hydrogen) atoms. The number of hydrogen-bond acceptors (Lipinski definition) is 4. The number of methoxy groups -OCH3 is 2. The first-order valence-corrected chi connectivity index (χ1v) is 10.2. The zero-order valence-corrected chi connectivity index (χ0v) is 17.2. The molecule has 1 atom stereocenters. The van der Waals surface area contributed by atoms with Crippen LogP contribution < -0.4 is 0 Å². The lowest BCUT2D eigenvalue weighted by Crippen LogP contribution is -2.23.